The molecule has 0 aliphatic carbocycles. The molecule has 0 N–H and O–H groups in total. The number of anilines is 1. The normalized spacial score (nSPS) is 15.2. The first-order valence-corrected chi connectivity index (χ1v) is 6.89. The smallest absolute Gasteiger partial charge is 0.265 e. The number of aryl methyl sites for hydroxylation is 1. The average Bonchev–Trinajstić information content (AvgIpc) is 2.75. The van der Waals surface area contributed by atoms with Gasteiger partial charge in [0.15, 0.2) is 0 Å². The van der Waals surface area contributed by atoms with Gasteiger partial charge in [-0.1, -0.05) is 48.5 Å². The van der Waals surface area contributed by atoms with Crippen LogP contribution < -0.4 is 4.90 Å². The van der Waals surface area contributed by atoms with Crippen LogP contribution in [-0.2, 0) is 11.3 Å². The second kappa shape index (κ2) is 5.44. The molecule has 22 heavy (non-hydrogen) atoms. The summed E-state index contributed by atoms with van der Waals surface area (Å²) in [4.78, 5) is 24.5. The highest BCUT2D eigenvalue weighted by Gasteiger charge is 2.35. The Hall–Kier alpha value is -2.95. The molecule has 1 amide bonds. The fraction of sp³-hybridized carbons (Fsp3) is 0.118. The van der Waals surface area contributed by atoms with Crippen molar-refractivity contribution in [3.63, 3.8) is 0 Å². The summed E-state index contributed by atoms with van der Waals surface area (Å²) < 4.78 is 0. The van der Waals surface area contributed by atoms with E-state index >= 15 is 0 Å². The van der Waals surface area contributed by atoms with Gasteiger partial charge in [-0.05, 0) is 18.1 Å². The first kappa shape index (κ1) is 14.0. The lowest BCUT2D eigenvalue weighted by molar-refractivity contribution is -0.401. The van der Waals surface area contributed by atoms with E-state index in [1.165, 1.54) is 0 Å². The minimum absolute atomic E-state index is 0.139. The number of nitrogens with zero attached hydrogens (tertiary/aromatic N) is 2. The van der Waals surface area contributed by atoms with Gasteiger partial charge in [0.1, 0.15) is 5.57 Å². The summed E-state index contributed by atoms with van der Waals surface area (Å²) in [7, 11) is 0. The molecule has 110 valence electrons. The molecule has 3 rings (SSSR count). The molecule has 0 bridgehead atoms. The lowest BCUT2D eigenvalue weighted by atomic mass is 10.1. The fourth-order valence-corrected chi connectivity index (χ4v) is 2.74. The Balaban J connectivity index is 2.09. The lowest BCUT2D eigenvalue weighted by Gasteiger charge is -2.19. The van der Waals surface area contributed by atoms with Crippen LogP contribution in [0.25, 0.3) is 5.57 Å². The number of nitro groups is 1. The van der Waals surface area contributed by atoms with Gasteiger partial charge in [0.05, 0.1) is 17.2 Å². The highest BCUT2D eigenvalue weighted by atomic mass is 16.6. The van der Waals surface area contributed by atoms with Crippen LogP contribution in [0.2, 0.25) is 0 Å². The van der Waals surface area contributed by atoms with Crippen LogP contribution in [0, 0.1) is 17.0 Å². The molecule has 2 aromatic carbocycles. The molecule has 1 heterocycles. The summed E-state index contributed by atoms with van der Waals surface area (Å²) in [6.45, 7) is 2.30. The van der Waals surface area contributed by atoms with Crippen molar-refractivity contribution >= 4 is 17.2 Å². The van der Waals surface area contributed by atoms with Crippen LogP contribution in [0.15, 0.2) is 54.7 Å². The van der Waals surface area contributed by atoms with E-state index in [9.17, 15) is 14.9 Å². The third kappa shape index (κ3) is 2.37. The Kier molecular flexibility index (Phi) is 3.47. The van der Waals surface area contributed by atoms with Crippen LogP contribution in [0.4, 0.5) is 5.69 Å². The van der Waals surface area contributed by atoms with Gasteiger partial charge in [0.25, 0.3) is 5.91 Å². The van der Waals surface area contributed by atoms with Gasteiger partial charge in [-0.15, -0.1) is 0 Å². The van der Waals surface area contributed by atoms with Crippen LogP contribution in [0.5, 0.6) is 0 Å². The van der Waals surface area contributed by atoms with Gasteiger partial charge in [0.2, 0.25) is 6.20 Å². The number of fused-ring (bicyclic) bond motifs is 1. The molecule has 0 unspecified atom stereocenters. The molecular weight excluding hydrogens is 280 g/mol. The van der Waals surface area contributed by atoms with Gasteiger partial charge in [-0.2, -0.15) is 0 Å². The Morgan fingerprint density at radius 1 is 1.14 bits per heavy atom. The number of benzene rings is 2. The molecule has 0 fully saturated rings. The van der Waals surface area contributed by atoms with Crippen LogP contribution in [0.3, 0.4) is 0 Å². The quantitative estimate of drug-likeness (QED) is 0.496. The van der Waals surface area contributed by atoms with E-state index in [4.69, 9.17) is 0 Å². The van der Waals surface area contributed by atoms with Gasteiger partial charge in [0, 0.05) is 5.56 Å². The second-order valence-corrected chi connectivity index (χ2v) is 5.18. The Morgan fingerprint density at radius 2 is 1.86 bits per heavy atom. The van der Waals surface area contributed by atoms with Crippen LogP contribution in [-0.4, -0.2) is 10.8 Å². The fourth-order valence-electron chi connectivity index (χ4n) is 2.74. The van der Waals surface area contributed by atoms with E-state index in [1.807, 2.05) is 43.3 Å². The van der Waals surface area contributed by atoms with E-state index < -0.39 is 4.92 Å². The molecule has 0 saturated heterocycles. The number of carbonyl (C=O) groups excluding carboxylic acids is 1. The minimum atomic E-state index is -0.578. The number of hydrogen-bond acceptors (Lipinski definition) is 3. The van der Waals surface area contributed by atoms with Gasteiger partial charge in [-0.25, -0.2) is 0 Å². The number of carbonyl (C=O) groups is 1. The maximum atomic E-state index is 12.6. The van der Waals surface area contributed by atoms with Crippen molar-refractivity contribution in [2.45, 2.75) is 13.5 Å². The summed E-state index contributed by atoms with van der Waals surface area (Å²) in [6.07, 6.45) is 0.797. The molecule has 1 aliphatic heterocycles. The first-order chi connectivity index (χ1) is 10.6. The molecule has 0 saturated carbocycles. The molecule has 1 aliphatic rings. The van der Waals surface area contributed by atoms with E-state index in [0.717, 1.165) is 23.0 Å². The number of rotatable bonds is 3. The van der Waals surface area contributed by atoms with E-state index in [2.05, 4.69) is 0 Å². The maximum Gasteiger partial charge on any atom is 0.265 e. The van der Waals surface area contributed by atoms with Gasteiger partial charge in [-0.3, -0.25) is 14.9 Å². The van der Waals surface area contributed by atoms with Crippen LogP contribution >= 0.6 is 0 Å². The first-order valence-electron chi connectivity index (χ1n) is 6.89. The molecule has 5 nitrogen and oxygen atoms in total. The second-order valence-electron chi connectivity index (χ2n) is 5.18. The molecule has 0 radical (unpaired) electrons. The van der Waals surface area contributed by atoms with E-state index in [1.54, 1.807) is 17.0 Å². The summed E-state index contributed by atoms with van der Waals surface area (Å²) in [6, 6.07) is 15.0. The molecule has 2 aromatic rings. The maximum absolute atomic E-state index is 12.6. The van der Waals surface area contributed by atoms with Crippen molar-refractivity contribution in [1.82, 2.24) is 0 Å². The van der Waals surface area contributed by atoms with E-state index in [0.29, 0.717) is 12.1 Å². The van der Waals surface area contributed by atoms with Gasteiger partial charge >= 0.3 is 0 Å². The lowest BCUT2D eigenvalue weighted by Crippen LogP contribution is -2.26. The zero-order valence-corrected chi connectivity index (χ0v) is 12.0. The Labute approximate surface area is 127 Å². The predicted octanol–water partition coefficient (Wildman–Crippen LogP) is 3.16. The molecule has 0 atom stereocenters. The Morgan fingerprint density at radius 3 is 2.55 bits per heavy atom. The third-order valence-corrected chi connectivity index (χ3v) is 3.69. The summed E-state index contributed by atoms with van der Waals surface area (Å²) in [5, 5.41) is 10.8. The molecule has 0 aromatic heterocycles. The highest BCUT2D eigenvalue weighted by Crippen LogP contribution is 2.39. The highest BCUT2D eigenvalue weighted by molar-refractivity contribution is 6.32. The predicted molar refractivity (Wildman–Crippen MR) is 83.8 cm³/mol. The standard InChI is InChI=1S/C17H14N2O3/c1-12-6-5-9-14-15(11-19(21)22)17(20)18(16(12)14)10-13-7-3-2-4-8-13/h2-9,11H,10H2,1H3/b15-11+. The monoisotopic (exact) mass is 294 g/mol. The van der Waals surface area contributed by atoms with E-state index in [-0.39, 0.29) is 11.5 Å². The minimum Gasteiger partial charge on any atom is -0.303 e. The SMILES string of the molecule is Cc1cccc2c1N(Cc1ccccc1)C(=O)/C2=C/[N+](=O)[O-]. The summed E-state index contributed by atoms with van der Waals surface area (Å²) in [5.74, 6) is -0.329. The average molecular weight is 294 g/mol. The van der Waals surface area contributed by atoms with Crippen molar-refractivity contribution in [3.8, 4) is 0 Å². The van der Waals surface area contributed by atoms with Crippen molar-refractivity contribution in [1.29, 1.82) is 0 Å². The zero-order chi connectivity index (χ0) is 15.7. The number of para-hydroxylation sites is 1. The zero-order valence-electron chi connectivity index (χ0n) is 12.0. The third-order valence-electron chi connectivity index (χ3n) is 3.69. The molecular formula is C17H14N2O3. The molecule has 0 spiro atoms. The summed E-state index contributed by atoms with van der Waals surface area (Å²) in [5.41, 5.74) is 3.42. The van der Waals surface area contributed by atoms with Crippen LogP contribution in [0.1, 0.15) is 16.7 Å². The summed E-state index contributed by atoms with van der Waals surface area (Å²) >= 11 is 0. The van der Waals surface area contributed by atoms with Crippen molar-refractivity contribution in [3.05, 3.63) is 81.5 Å². The number of hydrogen-bond donors (Lipinski definition) is 0. The van der Waals surface area contributed by atoms with Crippen molar-refractivity contribution in [2.75, 3.05) is 4.90 Å². The van der Waals surface area contributed by atoms with Crippen molar-refractivity contribution in [2.24, 2.45) is 0 Å². The molecule has 5 heteroatoms. The van der Waals surface area contributed by atoms with Gasteiger partial charge < -0.3 is 4.90 Å². The largest absolute Gasteiger partial charge is 0.303 e. The van der Waals surface area contributed by atoms with Crippen molar-refractivity contribution < 1.29 is 9.72 Å². The number of amides is 1. The topological polar surface area (TPSA) is 63.5 Å². The Bertz CT molecular complexity index is 782.